The van der Waals surface area contributed by atoms with Crippen molar-refractivity contribution in [3.05, 3.63) is 0 Å². The van der Waals surface area contributed by atoms with Crippen LogP contribution in [0.3, 0.4) is 0 Å². The van der Waals surface area contributed by atoms with E-state index in [4.69, 9.17) is 4.74 Å². The standard InChI is InChI=1S/C25H41F2N3O5/c1-4-5-6-21(17-7-10-25(26,27)11-8-17)35-24(34)30-20(13-16(2)3)23(33)29-19(15-31)14-18-9-12-28-22(18)32/h15-21H,4-14H2,1-3H3,(H,28,32)(H,29,33)(H,30,34). The summed E-state index contributed by atoms with van der Waals surface area (Å²) in [6.07, 6.45) is 2.91. The van der Waals surface area contributed by atoms with Crippen molar-refractivity contribution in [3.8, 4) is 0 Å². The molecule has 1 aliphatic carbocycles. The molecule has 0 bridgehead atoms. The first-order chi connectivity index (χ1) is 16.5. The summed E-state index contributed by atoms with van der Waals surface area (Å²) < 4.78 is 32.9. The summed E-state index contributed by atoms with van der Waals surface area (Å²) in [4.78, 5) is 49.1. The second kappa shape index (κ2) is 13.7. The summed E-state index contributed by atoms with van der Waals surface area (Å²) in [5.74, 6) is -3.73. The molecule has 2 fully saturated rings. The molecular formula is C25H41F2N3O5. The zero-order chi connectivity index (χ0) is 26.0. The molecule has 0 aromatic carbocycles. The number of ether oxygens (including phenoxy) is 1. The second-order valence-corrected chi connectivity index (χ2v) is 10.4. The predicted molar refractivity (Wildman–Crippen MR) is 127 cm³/mol. The van der Waals surface area contributed by atoms with Crippen molar-refractivity contribution in [3.63, 3.8) is 0 Å². The van der Waals surface area contributed by atoms with Gasteiger partial charge < -0.3 is 25.5 Å². The minimum atomic E-state index is -2.66. The Labute approximate surface area is 206 Å². The molecule has 4 atom stereocenters. The van der Waals surface area contributed by atoms with Crippen molar-refractivity contribution in [2.75, 3.05) is 6.54 Å². The van der Waals surface area contributed by atoms with Crippen LogP contribution in [0.4, 0.5) is 13.6 Å². The summed E-state index contributed by atoms with van der Waals surface area (Å²) in [6, 6.07) is -1.77. The highest BCUT2D eigenvalue weighted by atomic mass is 19.3. The van der Waals surface area contributed by atoms with E-state index >= 15 is 0 Å². The number of alkyl carbamates (subject to hydrolysis) is 1. The van der Waals surface area contributed by atoms with Crippen LogP contribution in [0.2, 0.25) is 0 Å². The van der Waals surface area contributed by atoms with Crippen LogP contribution >= 0.6 is 0 Å². The van der Waals surface area contributed by atoms with Crippen molar-refractivity contribution in [1.82, 2.24) is 16.0 Å². The maximum Gasteiger partial charge on any atom is 0.408 e. The molecule has 3 amide bonds. The molecule has 35 heavy (non-hydrogen) atoms. The predicted octanol–water partition coefficient (Wildman–Crippen LogP) is 3.72. The number of rotatable bonds is 13. The van der Waals surface area contributed by atoms with E-state index in [0.29, 0.717) is 44.9 Å². The van der Waals surface area contributed by atoms with Gasteiger partial charge in [-0.3, -0.25) is 9.59 Å². The van der Waals surface area contributed by atoms with Crippen LogP contribution in [0.25, 0.3) is 0 Å². The third-order valence-corrected chi connectivity index (χ3v) is 6.90. The van der Waals surface area contributed by atoms with Gasteiger partial charge in [0.15, 0.2) is 0 Å². The van der Waals surface area contributed by atoms with E-state index in [1.165, 1.54) is 0 Å². The molecule has 2 aliphatic rings. The van der Waals surface area contributed by atoms with E-state index in [9.17, 15) is 28.0 Å². The van der Waals surface area contributed by atoms with Gasteiger partial charge in [0.1, 0.15) is 18.4 Å². The first-order valence-electron chi connectivity index (χ1n) is 12.9. The van der Waals surface area contributed by atoms with Crippen LogP contribution in [0, 0.1) is 17.8 Å². The van der Waals surface area contributed by atoms with Crippen molar-refractivity contribution in [2.24, 2.45) is 17.8 Å². The van der Waals surface area contributed by atoms with Crippen LogP contribution in [0.5, 0.6) is 0 Å². The molecule has 200 valence electrons. The normalized spacial score (nSPS) is 22.7. The van der Waals surface area contributed by atoms with Gasteiger partial charge >= 0.3 is 6.09 Å². The number of carbonyl (C=O) groups is 4. The van der Waals surface area contributed by atoms with Gasteiger partial charge in [-0.2, -0.15) is 0 Å². The lowest BCUT2D eigenvalue weighted by molar-refractivity contribution is -0.127. The molecule has 1 heterocycles. The fourth-order valence-corrected chi connectivity index (χ4v) is 4.86. The smallest absolute Gasteiger partial charge is 0.408 e. The molecule has 1 saturated carbocycles. The number of unbranched alkanes of at least 4 members (excludes halogenated alkanes) is 1. The first kappa shape index (κ1) is 29.0. The number of hydrogen-bond acceptors (Lipinski definition) is 5. The minimum Gasteiger partial charge on any atom is -0.446 e. The molecule has 3 N–H and O–H groups in total. The Balaban J connectivity index is 1.98. The molecule has 0 spiro atoms. The lowest BCUT2D eigenvalue weighted by Gasteiger charge is -2.33. The molecular weight excluding hydrogens is 460 g/mol. The number of alkyl halides is 2. The molecule has 2 rings (SSSR count). The molecule has 1 aliphatic heterocycles. The van der Waals surface area contributed by atoms with Crippen molar-refractivity contribution in [1.29, 1.82) is 0 Å². The van der Waals surface area contributed by atoms with Crippen LogP contribution in [0.15, 0.2) is 0 Å². The monoisotopic (exact) mass is 501 g/mol. The fraction of sp³-hybridized carbons (Fsp3) is 0.840. The van der Waals surface area contributed by atoms with Crippen LogP contribution in [0.1, 0.15) is 85.0 Å². The Morgan fingerprint density at radius 1 is 1.20 bits per heavy atom. The maximum absolute atomic E-state index is 13.6. The highest BCUT2D eigenvalue weighted by molar-refractivity contribution is 5.88. The topological polar surface area (TPSA) is 114 Å². The van der Waals surface area contributed by atoms with Crippen molar-refractivity contribution >= 4 is 24.2 Å². The van der Waals surface area contributed by atoms with E-state index in [1.807, 2.05) is 20.8 Å². The zero-order valence-corrected chi connectivity index (χ0v) is 21.1. The van der Waals surface area contributed by atoms with Gasteiger partial charge in [0.2, 0.25) is 17.7 Å². The van der Waals surface area contributed by atoms with E-state index in [-0.39, 0.29) is 42.9 Å². The summed E-state index contributed by atoms with van der Waals surface area (Å²) in [5, 5.41) is 7.98. The van der Waals surface area contributed by atoms with Gasteiger partial charge in [0.05, 0.1) is 6.04 Å². The highest BCUT2D eigenvalue weighted by Gasteiger charge is 2.39. The largest absolute Gasteiger partial charge is 0.446 e. The third-order valence-electron chi connectivity index (χ3n) is 6.90. The van der Waals surface area contributed by atoms with Gasteiger partial charge in [-0.25, -0.2) is 13.6 Å². The van der Waals surface area contributed by atoms with E-state index in [2.05, 4.69) is 16.0 Å². The average molecular weight is 502 g/mol. The van der Waals surface area contributed by atoms with Gasteiger partial charge in [-0.1, -0.05) is 33.6 Å². The summed E-state index contributed by atoms with van der Waals surface area (Å²) in [6.45, 7) is 6.36. The van der Waals surface area contributed by atoms with Crippen molar-refractivity contribution in [2.45, 2.75) is 109 Å². The second-order valence-electron chi connectivity index (χ2n) is 10.4. The summed E-state index contributed by atoms with van der Waals surface area (Å²) in [5.41, 5.74) is 0. The molecule has 10 heteroatoms. The quantitative estimate of drug-likeness (QED) is 0.333. The first-order valence-corrected chi connectivity index (χ1v) is 12.9. The molecule has 4 unspecified atom stereocenters. The Morgan fingerprint density at radius 2 is 1.89 bits per heavy atom. The Bertz CT molecular complexity index is 724. The molecule has 1 saturated heterocycles. The Hall–Kier alpha value is -2.26. The van der Waals surface area contributed by atoms with Crippen LogP contribution in [-0.2, 0) is 19.1 Å². The molecule has 0 aromatic rings. The van der Waals surface area contributed by atoms with Gasteiger partial charge in [-0.05, 0) is 50.4 Å². The van der Waals surface area contributed by atoms with Gasteiger partial charge in [0, 0.05) is 25.3 Å². The lowest BCUT2D eigenvalue weighted by Crippen LogP contribution is -2.51. The molecule has 0 radical (unpaired) electrons. The minimum absolute atomic E-state index is 0.0674. The molecule has 8 nitrogen and oxygen atoms in total. The maximum atomic E-state index is 13.6. The average Bonchev–Trinajstić information content (AvgIpc) is 3.19. The summed E-state index contributed by atoms with van der Waals surface area (Å²) >= 11 is 0. The van der Waals surface area contributed by atoms with E-state index in [1.54, 1.807) is 0 Å². The molecule has 0 aromatic heterocycles. The summed E-state index contributed by atoms with van der Waals surface area (Å²) in [7, 11) is 0. The highest BCUT2D eigenvalue weighted by Crippen LogP contribution is 2.39. The number of amides is 3. The van der Waals surface area contributed by atoms with Gasteiger partial charge in [-0.15, -0.1) is 0 Å². The van der Waals surface area contributed by atoms with E-state index < -0.39 is 36.1 Å². The fourth-order valence-electron chi connectivity index (χ4n) is 4.86. The van der Waals surface area contributed by atoms with E-state index in [0.717, 1.165) is 12.8 Å². The zero-order valence-electron chi connectivity index (χ0n) is 21.1. The van der Waals surface area contributed by atoms with Crippen LogP contribution < -0.4 is 16.0 Å². The number of hydrogen-bond donors (Lipinski definition) is 3. The Kier molecular flexibility index (Phi) is 11.4. The number of aldehydes is 1. The number of halogens is 2. The third kappa shape index (κ3) is 9.72. The lowest BCUT2D eigenvalue weighted by atomic mass is 9.81. The van der Waals surface area contributed by atoms with Gasteiger partial charge in [0.25, 0.3) is 0 Å². The Morgan fingerprint density at radius 3 is 2.43 bits per heavy atom. The van der Waals surface area contributed by atoms with Crippen LogP contribution in [-0.4, -0.2) is 54.8 Å². The van der Waals surface area contributed by atoms with Crippen molar-refractivity contribution < 1.29 is 32.7 Å². The number of carbonyl (C=O) groups excluding carboxylic acids is 4. The number of nitrogens with one attached hydrogen (secondary N) is 3. The SMILES string of the molecule is CCCCC(OC(=O)NC(CC(C)C)C(=O)NC(C=O)CC1CCNC1=O)C1CCC(F)(F)CC1.